The molecule has 0 aliphatic carbocycles. The first-order valence-electron chi connectivity index (χ1n) is 9.04. The largest absolute Gasteiger partial charge is 0.444 e. The molecule has 2 rings (SSSR count). The van der Waals surface area contributed by atoms with E-state index in [1.165, 1.54) is 12.8 Å². The monoisotopic (exact) mass is 348 g/mol. The minimum Gasteiger partial charge on any atom is -0.444 e. The summed E-state index contributed by atoms with van der Waals surface area (Å²) in [7, 11) is 0. The highest BCUT2D eigenvalue weighted by Gasteiger charge is 2.18. The number of carbonyl (C=O) groups is 2. The van der Waals surface area contributed by atoms with E-state index >= 15 is 0 Å². The van der Waals surface area contributed by atoms with Crippen molar-refractivity contribution in [2.24, 2.45) is 5.92 Å². The number of nitrogens with zero attached hydrogens (tertiary/aromatic N) is 1. The van der Waals surface area contributed by atoms with E-state index in [1.807, 2.05) is 62.9 Å². The van der Waals surface area contributed by atoms with E-state index < -0.39 is 11.7 Å². The van der Waals surface area contributed by atoms with E-state index in [2.05, 4.69) is 12.2 Å². The summed E-state index contributed by atoms with van der Waals surface area (Å²) in [5, 5.41) is 2.64. The molecule has 1 aromatic rings. The Labute approximate surface area is 151 Å². The molecular formula is C20H32N2O3. The quantitative estimate of drug-likeness (QED) is 0.843. The second-order valence-corrected chi connectivity index (χ2v) is 7.41. The lowest BCUT2D eigenvalue weighted by Gasteiger charge is -2.29. The van der Waals surface area contributed by atoms with Crippen molar-refractivity contribution in [1.29, 1.82) is 0 Å². The number of amides is 2. The van der Waals surface area contributed by atoms with Gasteiger partial charge < -0.3 is 9.64 Å². The van der Waals surface area contributed by atoms with Crippen LogP contribution in [0.3, 0.4) is 0 Å². The first-order valence-corrected chi connectivity index (χ1v) is 9.04. The summed E-state index contributed by atoms with van der Waals surface area (Å²) in [6.07, 6.45) is 2.61. The third kappa shape index (κ3) is 9.13. The summed E-state index contributed by atoms with van der Waals surface area (Å²) in [5.74, 6) is 1.13. The highest BCUT2D eigenvalue weighted by molar-refractivity contribution is 5.84. The number of anilines is 1. The van der Waals surface area contributed by atoms with E-state index in [9.17, 15) is 9.59 Å². The number of benzene rings is 1. The molecule has 0 bridgehead atoms. The number of piperidine rings is 1. The average molecular weight is 348 g/mol. The predicted octanol–water partition coefficient (Wildman–Crippen LogP) is 4.69. The minimum absolute atomic E-state index is 0.317. The van der Waals surface area contributed by atoms with Crippen molar-refractivity contribution in [3.63, 3.8) is 0 Å². The lowest BCUT2D eigenvalue weighted by molar-refractivity contribution is -0.132. The molecule has 25 heavy (non-hydrogen) atoms. The van der Waals surface area contributed by atoms with Crippen LogP contribution in [0.25, 0.3) is 0 Å². The lowest BCUT2D eigenvalue weighted by Crippen LogP contribution is -2.37. The van der Waals surface area contributed by atoms with Gasteiger partial charge in [0, 0.05) is 25.2 Å². The first-order chi connectivity index (χ1) is 11.7. The van der Waals surface area contributed by atoms with Crippen LogP contribution >= 0.6 is 0 Å². The number of para-hydroxylation sites is 1. The van der Waals surface area contributed by atoms with Crippen LogP contribution in [0.2, 0.25) is 0 Å². The molecular weight excluding hydrogens is 316 g/mol. The van der Waals surface area contributed by atoms with Gasteiger partial charge >= 0.3 is 6.09 Å². The Morgan fingerprint density at radius 3 is 2.20 bits per heavy atom. The molecule has 5 nitrogen and oxygen atoms in total. The number of hydrogen-bond donors (Lipinski definition) is 1. The SMILES string of the molecule is CC(C)(C)OC(=O)Nc1ccccc1.CCC(=O)N1CCC(C)CC1. The van der Waals surface area contributed by atoms with E-state index in [0.29, 0.717) is 12.3 Å². The maximum Gasteiger partial charge on any atom is 0.412 e. The van der Waals surface area contributed by atoms with Crippen molar-refractivity contribution in [1.82, 2.24) is 4.90 Å². The smallest absolute Gasteiger partial charge is 0.412 e. The summed E-state index contributed by atoms with van der Waals surface area (Å²) >= 11 is 0. The van der Waals surface area contributed by atoms with Crippen molar-refractivity contribution in [2.75, 3.05) is 18.4 Å². The van der Waals surface area contributed by atoms with Gasteiger partial charge in [0.15, 0.2) is 0 Å². The molecule has 1 aliphatic heterocycles. The molecule has 1 aromatic carbocycles. The Balaban J connectivity index is 0.000000257. The molecule has 0 spiro atoms. The molecule has 0 atom stereocenters. The van der Waals surface area contributed by atoms with E-state index in [4.69, 9.17) is 4.74 Å². The van der Waals surface area contributed by atoms with Crippen LogP contribution in [0.4, 0.5) is 10.5 Å². The maximum absolute atomic E-state index is 11.3. The van der Waals surface area contributed by atoms with Crippen LogP contribution in [0.5, 0.6) is 0 Å². The molecule has 0 aromatic heterocycles. The summed E-state index contributed by atoms with van der Waals surface area (Å²) < 4.78 is 5.09. The normalized spacial score (nSPS) is 15.0. The molecule has 1 fully saturated rings. The zero-order valence-corrected chi connectivity index (χ0v) is 16.2. The molecule has 0 saturated carbocycles. The second kappa shape index (κ2) is 10.1. The third-order valence-corrected chi connectivity index (χ3v) is 3.86. The van der Waals surface area contributed by atoms with Gasteiger partial charge in [0.1, 0.15) is 5.60 Å². The van der Waals surface area contributed by atoms with Crippen LogP contribution in [0.15, 0.2) is 30.3 Å². The third-order valence-electron chi connectivity index (χ3n) is 3.86. The van der Waals surface area contributed by atoms with Crippen LogP contribution in [0, 0.1) is 5.92 Å². The molecule has 2 amide bonds. The van der Waals surface area contributed by atoms with Gasteiger partial charge in [-0.25, -0.2) is 4.79 Å². The fourth-order valence-corrected chi connectivity index (χ4v) is 2.42. The van der Waals surface area contributed by atoms with E-state index in [0.717, 1.165) is 24.7 Å². The zero-order chi connectivity index (χ0) is 18.9. The van der Waals surface area contributed by atoms with Crippen LogP contribution in [-0.2, 0) is 9.53 Å². The molecule has 0 unspecified atom stereocenters. The van der Waals surface area contributed by atoms with Gasteiger partial charge in [-0.05, 0) is 51.7 Å². The highest BCUT2D eigenvalue weighted by Crippen LogP contribution is 2.16. The number of likely N-dealkylation sites (tertiary alicyclic amines) is 1. The standard InChI is InChI=1S/C11H15NO2.C9H17NO/c1-11(2,3)14-10(13)12-9-7-5-4-6-8-9;1-3-9(11)10-6-4-8(2)5-7-10/h4-8H,1-3H3,(H,12,13);8H,3-7H2,1-2H3. The van der Waals surface area contributed by atoms with Gasteiger partial charge in [-0.2, -0.15) is 0 Å². The van der Waals surface area contributed by atoms with Crippen molar-refractivity contribution in [3.8, 4) is 0 Å². The van der Waals surface area contributed by atoms with Crippen LogP contribution < -0.4 is 5.32 Å². The summed E-state index contributed by atoms with van der Waals surface area (Å²) in [6.45, 7) is 11.6. The summed E-state index contributed by atoms with van der Waals surface area (Å²) in [4.78, 5) is 24.5. The number of rotatable bonds is 2. The topological polar surface area (TPSA) is 58.6 Å². The fourth-order valence-electron chi connectivity index (χ4n) is 2.42. The Bertz CT molecular complexity index is 530. The zero-order valence-electron chi connectivity index (χ0n) is 16.2. The molecule has 1 heterocycles. The maximum atomic E-state index is 11.3. The number of hydrogen-bond acceptors (Lipinski definition) is 3. The highest BCUT2D eigenvalue weighted by atomic mass is 16.6. The molecule has 140 valence electrons. The Kier molecular flexibility index (Phi) is 8.46. The molecule has 1 aliphatic rings. The molecule has 1 saturated heterocycles. The van der Waals surface area contributed by atoms with Crippen molar-refractivity contribution >= 4 is 17.7 Å². The Morgan fingerprint density at radius 1 is 1.16 bits per heavy atom. The Morgan fingerprint density at radius 2 is 1.72 bits per heavy atom. The fraction of sp³-hybridized carbons (Fsp3) is 0.600. The average Bonchev–Trinajstić information content (AvgIpc) is 2.54. The van der Waals surface area contributed by atoms with Gasteiger partial charge in [0.25, 0.3) is 0 Å². The van der Waals surface area contributed by atoms with E-state index in [-0.39, 0.29) is 0 Å². The van der Waals surface area contributed by atoms with Gasteiger partial charge in [-0.1, -0.05) is 32.0 Å². The first kappa shape index (κ1) is 21.0. The number of ether oxygens (including phenoxy) is 1. The predicted molar refractivity (Wildman–Crippen MR) is 102 cm³/mol. The van der Waals surface area contributed by atoms with Gasteiger partial charge in [-0.15, -0.1) is 0 Å². The molecule has 0 radical (unpaired) electrons. The lowest BCUT2D eigenvalue weighted by atomic mass is 9.99. The van der Waals surface area contributed by atoms with Gasteiger partial charge in [0.05, 0.1) is 0 Å². The summed E-state index contributed by atoms with van der Waals surface area (Å²) in [5.41, 5.74) is 0.278. The van der Waals surface area contributed by atoms with Crippen LogP contribution in [-0.4, -0.2) is 35.6 Å². The molecule has 1 N–H and O–H groups in total. The molecule has 5 heteroatoms. The second-order valence-electron chi connectivity index (χ2n) is 7.41. The van der Waals surface area contributed by atoms with Gasteiger partial charge in [-0.3, -0.25) is 10.1 Å². The van der Waals surface area contributed by atoms with Gasteiger partial charge in [0.2, 0.25) is 5.91 Å². The summed E-state index contributed by atoms with van der Waals surface area (Å²) in [6, 6.07) is 9.22. The van der Waals surface area contributed by atoms with Crippen LogP contribution in [0.1, 0.15) is 53.9 Å². The number of carbonyl (C=O) groups excluding carboxylic acids is 2. The van der Waals surface area contributed by atoms with Crippen molar-refractivity contribution in [2.45, 2.75) is 59.5 Å². The Hall–Kier alpha value is -2.04. The minimum atomic E-state index is -0.459. The number of nitrogens with one attached hydrogen (secondary N) is 1. The van der Waals surface area contributed by atoms with Crippen molar-refractivity contribution < 1.29 is 14.3 Å². The van der Waals surface area contributed by atoms with E-state index in [1.54, 1.807) is 0 Å². The van der Waals surface area contributed by atoms with Crippen molar-refractivity contribution in [3.05, 3.63) is 30.3 Å².